The molecule has 0 aromatic rings. The molecule has 1 fully saturated rings. The molecular weight excluding hydrogens is 416 g/mol. The Morgan fingerprint density at radius 2 is 1.60 bits per heavy atom. The first-order valence-corrected chi connectivity index (χ1v) is 11.5. The maximum atomic E-state index is 12.9. The number of hydrogen-bond acceptors (Lipinski definition) is 8. The molecule has 0 aromatic carbocycles. The van der Waals surface area contributed by atoms with Gasteiger partial charge in [0.25, 0.3) is 10.1 Å². The predicted molar refractivity (Wildman–Crippen MR) is 109 cm³/mol. The Balaban J connectivity index is 3.10. The van der Waals surface area contributed by atoms with Crippen molar-refractivity contribution in [1.29, 1.82) is 0 Å². The molecule has 0 spiro atoms. The summed E-state index contributed by atoms with van der Waals surface area (Å²) in [4.78, 5) is 39.8. The molecular formula is C19H34N2O8S. The molecule has 0 aromatic heterocycles. The quantitative estimate of drug-likeness (QED) is 0.586. The molecule has 0 saturated carbocycles. The molecule has 1 heterocycles. The number of imide groups is 1. The van der Waals surface area contributed by atoms with E-state index in [4.69, 9.17) is 13.7 Å². The van der Waals surface area contributed by atoms with Gasteiger partial charge in [0, 0.05) is 13.6 Å². The third kappa shape index (κ3) is 7.75. The van der Waals surface area contributed by atoms with E-state index in [2.05, 4.69) is 0 Å². The van der Waals surface area contributed by atoms with Crippen LogP contribution in [0.25, 0.3) is 0 Å². The first kappa shape index (κ1) is 26.2. The van der Waals surface area contributed by atoms with Crippen LogP contribution in [0.3, 0.4) is 0 Å². The highest BCUT2D eigenvalue weighted by molar-refractivity contribution is 7.86. The molecule has 1 aliphatic rings. The Morgan fingerprint density at radius 1 is 1.10 bits per heavy atom. The van der Waals surface area contributed by atoms with E-state index >= 15 is 0 Å². The molecule has 0 aliphatic carbocycles. The van der Waals surface area contributed by atoms with Crippen molar-refractivity contribution in [2.45, 2.75) is 78.2 Å². The molecule has 0 radical (unpaired) electrons. The SMILES string of the molecule is C[C@@H](C(OS(C)(=O)=O)C1CCN(C(=O)OC(C)(C)C)C1=O)N(C)C(=O)OC(C)(C)C. The lowest BCUT2D eigenvalue weighted by Gasteiger charge is -2.34. The molecule has 10 nitrogen and oxygen atoms in total. The first-order valence-electron chi connectivity index (χ1n) is 9.71. The van der Waals surface area contributed by atoms with Gasteiger partial charge in [-0.2, -0.15) is 8.42 Å². The van der Waals surface area contributed by atoms with Crippen molar-refractivity contribution in [3.63, 3.8) is 0 Å². The monoisotopic (exact) mass is 450 g/mol. The summed E-state index contributed by atoms with van der Waals surface area (Å²) in [5.41, 5.74) is -1.54. The Labute approximate surface area is 178 Å². The lowest BCUT2D eigenvalue weighted by atomic mass is 9.95. The zero-order chi connectivity index (χ0) is 23.7. The van der Waals surface area contributed by atoms with E-state index in [0.29, 0.717) is 0 Å². The van der Waals surface area contributed by atoms with Crippen LogP contribution in [0.1, 0.15) is 54.9 Å². The normalized spacial score (nSPS) is 20.0. The van der Waals surface area contributed by atoms with Crippen molar-refractivity contribution in [3.8, 4) is 0 Å². The number of carbonyl (C=O) groups excluding carboxylic acids is 3. The average molecular weight is 451 g/mol. The van der Waals surface area contributed by atoms with Gasteiger partial charge in [-0.15, -0.1) is 0 Å². The van der Waals surface area contributed by atoms with Crippen molar-refractivity contribution in [3.05, 3.63) is 0 Å². The van der Waals surface area contributed by atoms with E-state index in [1.807, 2.05) is 0 Å². The number of carbonyl (C=O) groups is 3. The fourth-order valence-corrected chi connectivity index (χ4v) is 3.61. The van der Waals surface area contributed by atoms with Gasteiger partial charge in [-0.05, 0) is 54.9 Å². The van der Waals surface area contributed by atoms with Crippen LogP contribution in [0.2, 0.25) is 0 Å². The van der Waals surface area contributed by atoms with Crippen molar-refractivity contribution in [2.75, 3.05) is 19.8 Å². The van der Waals surface area contributed by atoms with Gasteiger partial charge in [-0.25, -0.2) is 14.5 Å². The van der Waals surface area contributed by atoms with E-state index in [1.54, 1.807) is 48.5 Å². The average Bonchev–Trinajstić information content (AvgIpc) is 2.88. The smallest absolute Gasteiger partial charge is 0.417 e. The van der Waals surface area contributed by atoms with Crippen molar-refractivity contribution >= 4 is 28.2 Å². The Kier molecular flexibility index (Phi) is 7.92. The molecule has 0 bridgehead atoms. The molecule has 1 rings (SSSR count). The van der Waals surface area contributed by atoms with E-state index in [-0.39, 0.29) is 13.0 Å². The van der Waals surface area contributed by atoms with Crippen LogP contribution in [-0.4, -0.2) is 79.5 Å². The molecule has 1 aliphatic heterocycles. The van der Waals surface area contributed by atoms with Gasteiger partial charge >= 0.3 is 12.2 Å². The number of likely N-dealkylation sites (tertiary alicyclic amines) is 1. The minimum absolute atomic E-state index is 0.0604. The van der Waals surface area contributed by atoms with Crippen LogP contribution in [0.5, 0.6) is 0 Å². The lowest BCUT2D eigenvalue weighted by Crippen LogP contribution is -2.51. The molecule has 3 amide bonds. The Bertz CT molecular complexity index is 766. The zero-order valence-electron chi connectivity index (χ0n) is 19.2. The molecule has 1 saturated heterocycles. The third-order valence-corrected chi connectivity index (χ3v) is 4.88. The van der Waals surface area contributed by atoms with Crippen LogP contribution in [0, 0.1) is 5.92 Å². The van der Waals surface area contributed by atoms with E-state index in [0.717, 1.165) is 11.2 Å². The maximum Gasteiger partial charge on any atom is 0.417 e. The zero-order valence-corrected chi connectivity index (χ0v) is 20.0. The summed E-state index contributed by atoms with van der Waals surface area (Å²) < 4.78 is 39.5. The summed E-state index contributed by atoms with van der Waals surface area (Å²) in [6, 6.07) is -0.831. The first-order chi connectivity index (χ1) is 13.3. The van der Waals surface area contributed by atoms with Crippen LogP contribution < -0.4 is 0 Å². The maximum absolute atomic E-state index is 12.9. The standard InChI is InChI=1S/C19H34N2O8S/c1-12(20(8)16(23)27-18(2,3)4)14(29-30(9,25)26)13-10-11-21(15(13)22)17(24)28-19(5,6)7/h12-14H,10-11H2,1-9H3/t12-,13?,14?/m0/s1. The fourth-order valence-electron chi connectivity index (χ4n) is 2.91. The Hall–Kier alpha value is -1.88. The number of nitrogens with zero attached hydrogens (tertiary/aromatic N) is 2. The van der Waals surface area contributed by atoms with Gasteiger partial charge in [0.1, 0.15) is 17.3 Å². The van der Waals surface area contributed by atoms with Gasteiger partial charge in [-0.1, -0.05) is 0 Å². The highest BCUT2D eigenvalue weighted by atomic mass is 32.2. The van der Waals surface area contributed by atoms with Crippen LogP contribution in [0.4, 0.5) is 9.59 Å². The summed E-state index contributed by atoms with van der Waals surface area (Å²) in [5, 5.41) is 0. The van der Waals surface area contributed by atoms with Crippen LogP contribution in [0.15, 0.2) is 0 Å². The van der Waals surface area contributed by atoms with E-state index in [9.17, 15) is 22.8 Å². The van der Waals surface area contributed by atoms with Crippen molar-refractivity contribution < 1.29 is 36.5 Å². The number of hydrogen-bond donors (Lipinski definition) is 0. The largest absolute Gasteiger partial charge is 0.444 e. The second-order valence-corrected chi connectivity index (χ2v) is 11.1. The van der Waals surface area contributed by atoms with Crippen LogP contribution >= 0.6 is 0 Å². The summed E-state index contributed by atoms with van der Waals surface area (Å²) in [6.07, 6.45) is -1.65. The molecule has 2 unspecified atom stereocenters. The number of rotatable bonds is 5. The summed E-state index contributed by atoms with van der Waals surface area (Å²) in [5.74, 6) is -1.56. The van der Waals surface area contributed by atoms with Crippen molar-refractivity contribution in [1.82, 2.24) is 9.80 Å². The number of amides is 3. The van der Waals surface area contributed by atoms with Gasteiger partial charge in [0.2, 0.25) is 5.91 Å². The van der Waals surface area contributed by atoms with Crippen molar-refractivity contribution in [2.24, 2.45) is 5.92 Å². The predicted octanol–water partition coefficient (Wildman–Crippen LogP) is 2.37. The van der Waals surface area contributed by atoms with E-state index in [1.165, 1.54) is 11.9 Å². The highest BCUT2D eigenvalue weighted by Crippen LogP contribution is 2.29. The van der Waals surface area contributed by atoms with E-state index < -0.39 is 57.5 Å². The minimum Gasteiger partial charge on any atom is -0.444 e. The topological polar surface area (TPSA) is 120 Å². The summed E-state index contributed by atoms with van der Waals surface area (Å²) in [7, 11) is -2.52. The van der Waals surface area contributed by atoms with Gasteiger partial charge in [0.15, 0.2) is 0 Å². The molecule has 30 heavy (non-hydrogen) atoms. The van der Waals surface area contributed by atoms with Crippen LogP contribution in [-0.2, 0) is 28.6 Å². The molecule has 11 heteroatoms. The minimum atomic E-state index is -3.96. The molecule has 174 valence electrons. The number of likely N-dealkylation sites (N-methyl/N-ethyl adjacent to an activating group) is 1. The second kappa shape index (κ2) is 9.09. The third-order valence-electron chi connectivity index (χ3n) is 4.31. The van der Waals surface area contributed by atoms with Gasteiger partial charge in [-0.3, -0.25) is 8.98 Å². The fraction of sp³-hybridized carbons (Fsp3) is 0.842. The van der Waals surface area contributed by atoms with Gasteiger partial charge < -0.3 is 14.4 Å². The lowest BCUT2D eigenvalue weighted by molar-refractivity contribution is -0.133. The summed E-state index contributed by atoms with van der Waals surface area (Å²) in [6.45, 7) is 11.8. The molecule has 0 N–H and O–H groups in total. The second-order valence-electron chi connectivity index (χ2n) is 9.46. The van der Waals surface area contributed by atoms with Gasteiger partial charge in [0.05, 0.1) is 18.2 Å². The highest BCUT2D eigenvalue weighted by Gasteiger charge is 2.46. The molecule has 3 atom stereocenters. The summed E-state index contributed by atoms with van der Waals surface area (Å²) >= 11 is 0. The number of ether oxygens (including phenoxy) is 2. The Morgan fingerprint density at radius 3 is 2.03 bits per heavy atom.